The van der Waals surface area contributed by atoms with Crippen molar-refractivity contribution in [2.75, 3.05) is 19.5 Å². The number of esters is 2. The Hall–Kier alpha value is -3.32. The predicted octanol–water partition coefficient (Wildman–Crippen LogP) is 4.22. The Labute approximate surface area is 165 Å². The van der Waals surface area contributed by atoms with Crippen LogP contribution in [0.15, 0.2) is 40.8 Å². The summed E-state index contributed by atoms with van der Waals surface area (Å²) in [5.74, 6) is -1.75. The van der Waals surface area contributed by atoms with Crippen LogP contribution in [0.2, 0.25) is 5.02 Å². The number of nitrogens with one attached hydrogen (secondary N) is 1. The molecule has 144 valence electrons. The summed E-state index contributed by atoms with van der Waals surface area (Å²) in [4.78, 5) is 36.5. The minimum absolute atomic E-state index is 0.0915. The molecule has 1 N–H and O–H groups in total. The first-order chi connectivity index (χ1) is 13.3. The molecule has 8 heteroatoms. The van der Waals surface area contributed by atoms with E-state index in [1.165, 1.54) is 32.4 Å². The van der Waals surface area contributed by atoms with Crippen LogP contribution in [0, 0.1) is 6.92 Å². The minimum atomic E-state index is -0.657. The number of carbonyl (C=O) groups excluding carboxylic acids is 3. The smallest absolute Gasteiger partial charge is 0.337 e. The van der Waals surface area contributed by atoms with Crippen LogP contribution < -0.4 is 5.32 Å². The van der Waals surface area contributed by atoms with E-state index in [9.17, 15) is 14.4 Å². The SMILES string of the molecule is COC(=O)c1cc(NC(=O)c2oc3ccc(Cl)cc3c2C)cc(C(=O)OC)c1. The molecule has 0 atom stereocenters. The fraction of sp³-hybridized carbons (Fsp3) is 0.150. The zero-order valence-corrected chi connectivity index (χ0v) is 16.0. The van der Waals surface area contributed by atoms with Crippen molar-refractivity contribution in [1.82, 2.24) is 0 Å². The van der Waals surface area contributed by atoms with Gasteiger partial charge in [0.2, 0.25) is 0 Å². The van der Waals surface area contributed by atoms with Crippen LogP contribution in [-0.4, -0.2) is 32.1 Å². The summed E-state index contributed by atoms with van der Waals surface area (Å²) in [7, 11) is 2.43. The van der Waals surface area contributed by atoms with Crippen molar-refractivity contribution in [2.45, 2.75) is 6.92 Å². The van der Waals surface area contributed by atoms with E-state index >= 15 is 0 Å². The number of amides is 1. The number of benzene rings is 2. The molecule has 7 nitrogen and oxygen atoms in total. The Morgan fingerprint density at radius 2 is 1.57 bits per heavy atom. The van der Waals surface area contributed by atoms with E-state index in [0.29, 0.717) is 16.2 Å². The van der Waals surface area contributed by atoms with E-state index in [-0.39, 0.29) is 22.6 Å². The number of carbonyl (C=O) groups is 3. The first kappa shape index (κ1) is 19.4. The summed E-state index contributed by atoms with van der Waals surface area (Å²) in [6.07, 6.45) is 0. The van der Waals surface area contributed by atoms with Gasteiger partial charge in [0.1, 0.15) is 5.58 Å². The molecule has 3 aromatic rings. The second kappa shape index (κ2) is 7.74. The molecule has 0 fully saturated rings. The van der Waals surface area contributed by atoms with Crippen LogP contribution in [0.4, 0.5) is 5.69 Å². The van der Waals surface area contributed by atoms with Crippen molar-refractivity contribution in [1.29, 1.82) is 0 Å². The molecular weight excluding hydrogens is 386 g/mol. The lowest BCUT2D eigenvalue weighted by atomic mass is 10.1. The Morgan fingerprint density at radius 1 is 0.964 bits per heavy atom. The van der Waals surface area contributed by atoms with Gasteiger partial charge >= 0.3 is 11.9 Å². The van der Waals surface area contributed by atoms with Crippen LogP contribution >= 0.6 is 11.6 Å². The van der Waals surface area contributed by atoms with Crippen molar-refractivity contribution in [3.05, 3.63) is 63.9 Å². The molecule has 0 aliphatic rings. The van der Waals surface area contributed by atoms with Crippen molar-refractivity contribution in [3.63, 3.8) is 0 Å². The number of anilines is 1. The summed E-state index contributed by atoms with van der Waals surface area (Å²) in [5, 5.41) is 3.88. The number of furan rings is 1. The third-order valence-electron chi connectivity index (χ3n) is 4.14. The van der Waals surface area contributed by atoms with Crippen molar-refractivity contribution < 1.29 is 28.3 Å². The number of hydrogen-bond acceptors (Lipinski definition) is 6. The summed E-state index contributed by atoms with van der Waals surface area (Å²) in [6, 6.07) is 9.16. The average Bonchev–Trinajstić information content (AvgIpc) is 3.02. The fourth-order valence-corrected chi connectivity index (χ4v) is 2.94. The Balaban J connectivity index is 1.98. The molecule has 3 rings (SSSR count). The number of hydrogen-bond donors (Lipinski definition) is 1. The molecular formula is C20H16ClNO6. The van der Waals surface area contributed by atoms with E-state index in [1.807, 2.05) is 0 Å². The molecule has 0 bridgehead atoms. The quantitative estimate of drug-likeness (QED) is 0.657. The minimum Gasteiger partial charge on any atom is -0.465 e. The number of methoxy groups -OCH3 is 2. The highest BCUT2D eigenvalue weighted by atomic mass is 35.5. The second-order valence-electron chi connectivity index (χ2n) is 5.93. The molecule has 0 spiro atoms. The molecule has 0 saturated carbocycles. The fourth-order valence-electron chi connectivity index (χ4n) is 2.77. The zero-order valence-electron chi connectivity index (χ0n) is 15.3. The van der Waals surface area contributed by atoms with Crippen molar-refractivity contribution >= 4 is 46.1 Å². The molecule has 0 unspecified atom stereocenters. The molecule has 1 aromatic heterocycles. The lowest BCUT2D eigenvalue weighted by Crippen LogP contribution is -2.14. The van der Waals surface area contributed by atoms with E-state index in [2.05, 4.69) is 14.8 Å². The Bertz CT molecular complexity index is 1070. The van der Waals surface area contributed by atoms with Gasteiger partial charge in [-0.25, -0.2) is 9.59 Å². The van der Waals surface area contributed by atoms with Gasteiger partial charge in [-0.15, -0.1) is 0 Å². The van der Waals surface area contributed by atoms with Gasteiger partial charge in [0.15, 0.2) is 5.76 Å². The number of aryl methyl sites for hydroxylation is 1. The topological polar surface area (TPSA) is 94.8 Å². The second-order valence-corrected chi connectivity index (χ2v) is 6.37. The lowest BCUT2D eigenvalue weighted by Gasteiger charge is -2.09. The molecule has 28 heavy (non-hydrogen) atoms. The molecule has 2 aromatic carbocycles. The van der Waals surface area contributed by atoms with Crippen LogP contribution in [0.25, 0.3) is 11.0 Å². The summed E-state index contributed by atoms with van der Waals surface area (Å²) in [5.41, 5.74) is 1.53. The molecule has 0 aliphatic heterocycles. The van der Waals surface area contributed by atoms with Gasteiger partial charge < -0.3 is 19.2 Å². The van der Waals surface area contributed by atoms with Crippen LogP contribution in [0.1, 0.15) is 36.8 Å². The van der Waals surface area contributed by atoms with E-state index in [1.54, 1.807) is 25.1 Å². The first-order valence-electron chi connectivity index (χ1n) is 8.15. The van der Waals surface area contributed by atoms with Gasteiger partial charge in [-0.3, -0.25) is 4.79 Å². The monoisotopic (exact) mass is 401 g/mol. The van der Waals surface area contributed by atoms with Crippen molar-refractivity contribution in [3.8, 4) is 0 Å². The maximum Gasteiger partial charge on any atom is 0.337 e. The Morgan fingerprint density at radius 3 is 2.14 bits per heavy atom. The van der Waals surface area contributed by atoms with Gasteiger partial charge in [-0.1, -0.05) is 11.6 Å². The molecule has 0 aliphatic carbocycles. The van der Waals surface area contributed by atoms with Gasteiger partial charge in [0, 0.05) is 21.7 Å². The third-order valence-corrected chi connectivity index (χ3v) is 4.37. The molecule has 1 amide bonds. The highest BCUT2D eigenvalue weighted by Crippen LogP contribution is 2.28. The average molecular weight is 402 g/mol. The van der Waals surface area contributed by atoms with Crippen LogP contribution in [-0.2, 0) is 9.47 Å². The Kier molecular flexibility index (Phi) is 5.37. The molecule has 1 heterocycles. The van der Waals surface area contributed by atoms with Crippen molar-refractivity contribution in [2.24, 2.45) is 0 Å². The summed E-state index contributed by atoms with van der Waals surface area (Å²) >= 11 is 6.00. The van der Waals surface area contributed by atoms with Crippen LogP contribution in [0.3, 0.4) is 0 Å². The van der Waals surface area contributed by atoms with Gasteiger partial charge in [0.25, 0.3) is 5.91 Å². The molecule has 0 saturated heterocycles. The van der Waals surface area contributed by atoms with Gasteiger partial charge in [-0.05, 0) is 43.3 Å². The lowest BCUT2D eigenvalue weighted by molar-refractivity contribution is 0.0599. The largest absolute Gasteiger partial charge is 0.465 e. The number of halogens is 1. The van der Waals surface area contributed by atoms with Gasteiger partial charge in [-0.2, -0.15) is 0 Å². The summed E-state index contributed by atoms with van der Waals surface area (Å²) in [6.45, 7) is 1.74. The highest BCUT2D eigenvalue weighted by Gasteiger charge is 2.20. The third kappa shape index (κ3) is 3.70. The maximum absolute atomic E-state index is 12.7. The number of rotatable bonds is 4. The highest BCUT2D eigenvalue weighted by molar-refractivity contribution is 6.31. The molecule has 0 radical (unpaired) electrons. The van der Waals surface area contributed by atoms with E-state index in [4.69, 9.17) is 16.0 Å². The van der Waals surface area contributed by atoms with Gasteiger partial charge in [0.05, 0.1) is 25.3 Å². The normalized spacial score (nSPS) is 10.6. The zero-order chi connectivity index (χ0) is 20.4. The predicted molar refractivity (Wildman–Crippen MR) is 103 cm³/mol. The summed E-state index contributed by atoms with van der Waals surface area (Å²) < 4.78 is 15.0. The van der Waals surface area contributed by atoms with E-state index < -0.39 is 17.8 Å². The number of fused-ring (bicyclic) bond motifs is 1. The standard InChI is InChI=1S/C20H16ClNO6/c1-10-15-9-13(21)4-5-16(15)28-17(10)18(23)22-14-7-11(19(24)26-2)6-12(8-14)20(25)27-3/h4-9H,1-3H3,(H,22,23). The maximum atomic E-state index is 12.7. The van der Waals surface area contributed by atoms with E-state index in [0.717, 1.165) is 5.39 Å². The van der Waals surface area contributed by atoms with Crippen LogP contribution in [0.5, 0.6) is 0 Å². The number of ether oxygens (including phenoxy) is 2. The first-order valence-corrected chi connectivity index (χ1v) is 8.53.